The number of nitrogens with zero attached hydrogens (tertiary/aromatic N) is 1. The molecule has 2 N–H and O–H groups in total. The number of hydrogen-bond acceptors (Lipinski definition) is 3. The number of hydrazine groups is 1. The zero-order valence-electron chi connectivity index (χ0n) is 19.0. The summed E-state index contributed by atoms with van der Waals surface area (Å²) in [6.45, 7) is 4.31. The van der Waals surface area contributed by atoms with E-state index in [0.717, 1.165) is 11.1 Å². The molecule has 0 saturated carbocycles. The summed E-state index contributed by atoms with van der Waals surface area (Å²) in [4.78, 5) is 25.9. The fraction of sp³-hybridized carbons (Fsp3) is 0.222. The number of carbonyl (C=O) groups excluding carboxylic acids is 2. The molecule has 3 aromatic carbocycles. The van der Waals surface area contributed by atoms with Gasteiger partial charge in [0.25, 0.3) is 5.91 Å². The molecule has 0 radical (unpaired) electrons. The van der Waals surface area contributed by atoms with E-state index in [0.29, 0.717) is 17.2 Å². The topological polar surface area (TPSA) is 70.4 Å². The number of hydrogen-bond donors (Lipinski definition) is 2. The smallest absolute Gasteiger partial charge is 0.304 e. The third-order valence-electron chi connectivity index (χ3n) is 5.81. The molecule has 2 atom stereocenters. The van der Waals surface area contributed by atoms with Crippen molar-refractivity contribution in [1.29, 1.82) is 0 Å². The van der Waals surface area contributed by atoms with Gasteiger partial charge in [0.2, 0.25) is 12.3 Å². The number of benzene rings is 3. The van der Waals surface area contributed by atoms with Gasteiger partial charge in [-0.3, -0.25) is 9.59 Å². The van der Waals surface area contributed by atoms with E-state index in [2.05, 4.69) is 36.7 Å². The lowest BCUT2D eigenvalue weighted by atomic mass is 9.99. The van der Waals surface area contributed by atoms with E-state index in [4.69, 9.17) is 4.74 Å². The molecule has 0 bridgehead atoms. The maximum atomic E-state index is 13.0. The van der Waals surface area contributed by atoms with Crippen molar-refractivity contribution in [2.75, 3.05) is 7.11 Å². The highest BCUT2D eigenvalue weighted by Gasteiger charge is 2.47. The highest BCUT2D eigenvalue weighted by Crippen LogP contribution is 2.26. The van der Waals surface area contributed by atoms with Crippen molar-refractivity contribution >= 4 is 18.0 Å². The van der Waals surface area contributed by atoms with E-state index in [1.165, 1.54) is 5.56 Å². The predicted molar refractivity (Wildman–Crippen MR) is 128 cm³/mol. The van der Waals surface area contributed by atoms with Gasteiger partial charge in [0.1, 0.15) is 5.75 Å². The van der Waals surface area contributed by atoms with Crippen molar-refractivity contribution in [2.45, 2.75) is 31.8 Å². The lowest BCUT2D eigenvalue weighted by molar-refractivity contribution is -0.596. The molecule has 1 aliphatic rings. The summed E-state index contributed by atoms with van der Waals surface area (Å²) < 4.78 is 6.94. The first-order valence-electron chi connectivity index (χ1n) is 11.0. The van der Waals surface area contributed by atoms with Crippen LogP contribution in [0.25, 0.3) is 0 Å². The SMILES string of the molecule is COc1ccc(C(=O)N[C@H]2C(=O)N/[N+](=C\c3ccc(C(C)C)cc3)[C@H]2c2ccccc2)cc1. The Morgan fingerprint density at radius 3 is 2.27 bits per heavy atom. The monoisotopic (exact) mass is 442 g/mol. The van der Waals surface area contributed by atoms with Crippen LogP contribution in [-0.4, -0.2) is 35.9 Å². The number of rotatable bonds is 6. The normalized spacial score (nSPS) is 18.9. The number of methoxy groups -OCH3 is 1. The Morgan fingerprint density at radius 1 is 1.00 bits per heavy atom. The molecule has 3 aromatic rings. The van der Waals surface area contributed by atoms with Crippen molar-refractivity contribution in [1.82, 2.24) is 10.7 Å². The van der Waals surface area contributed by atoms with Crippen LogP contribution >= 0.6 is 0 Å². The van der Waals surface area contributed by atoms with Crippen LogP contribution in [0.5, 0.6) is 5.75 Å². The third-order valence-corrected chi connectivity index (χ3v) is 5.81. The minimum atomic E-state index is -0.756. The second-order valence-electron chi connectivity index (χ2n) is 8.37. The van der Waals surface area contributed by atoms with Crippen LogP contribution in [0.2, 0.25) is 0 Å². The van der Waals surface area contributed by atoms with E-state index < -0.39 is 12.1 Å². The summed E-state index contributed by atoms with van der Waals surface area (Å²) in [5.41, 5.74) is 6.51. The van der Waals surface area contributed by atoms with Gasteiger partial charge in [-0.1, -0.05) is 56.3 Å². The zero-order chi connectivity index (χ0) is 23.4. The molecule has 2 amide bonds. The molecule has 1 saturated heterocycles. The molecular formula is C27H28N3O3+. The first-order chi connectivity index (χ1) is 16.0. The second-order valence-corrected chi connectivity index (χ2v) is 8.37. The molecule has 0 spiro atoms. The van der Waals surface area contributed by atoms with Crippen LogP contribution in [0.1, 0.15) is 52.9 Å². The Hall–Kier alpha value is -3.93. The summed E-state index contributed by atoms with van der Waals surface area (Å²) in [7, 11) is 1.57. The number of nitrogens with one attached hydrogen (secondary N) is 2. The molecule has 1 heterocycles. The van der Waals surface area contributed by atoms with E-state index in [-0.39, 0.29) is 11.8 Å². The molecule has 0 unspecified atom stereocenters. The van der Waals surface area contributed by atoms with E-state index >= 15 is 0 Å². The quantitative estimate of drug-likeness (QED) is 0.570. The van der Waals surface area contributed by atoms with Gasteiger partial charge in [-0.2, -0.15) is 0 Å². The number of hydrazone groups is 1. The van der Waals surface area contributed by atoms with Crippen molar-refractivity contribution in [2.24, 2.45) is 0 Å². The lowest BCUT2D eigenvalue weighted by Gasteiger charge is -2.15. The van der Waals surface area contributed by atoms with Crippen LogP contribution in [0.4, 0.5) is 0 Å². The van der Waals surface area contributed by atoms with Gasteiger partial charge < -0.3 is 10.1 Å². The van der Waals surface area contributed by atoms with Gasteiger partial charge in [0.15, 0.2) is 6.04 Å². The summed E-state index contributed by atoms with van der Waals surface area (Å²) in [5.74, 6) is 0.527. The van der Waals surface area contributed by atoms with E-state index in [1.54, 1.807) is 36.1 Å². The maximum Gasteiger partial charge on any atom is 0.304 e. The van der Waals surface area contributed by atoms with Gasteiger partial charge >= 0.3 is 5.91 Å². The summed E-state index contributed by atoms with van der Waals surface area (Å²) >= 11 is 0. The highest BCUT2D eigenvalue weighted by molar-refractivity contribution is 5.98. The first-order valence-corrected chi connectivity index (χ1v) is 11.0. The van der Waals surface area contributed by atoms with Gasteiger partial charge in [-0.05, 0) is 47.9 Å². The average molecular weight is 443 g/mol. The van der Waals surface area contributed by atoms with Crippen LogP contribution in [0, 0.1) is 0 Å². The van der Waals surface area contributed by atoms with Gasteiger partial charge in [0.05, 0.1) is 7.11 Å². The molecule has 0 aliphatic carbocycles. The standard InChI is InChI=1S/C27H27N3O3/c1-18(2)20-11-9-19(10-12-20)17-30-25(21-7-5-4-6-8-21)24(27(32)29-30)28-26(31)22-13-15-23(33-3)16-14-22/h4-18,24-25H,1-3H3,(H-,28,29,31,32)/p+1/b30-17-/t24-,25+/m1/s1. The minimum Gasteiger partial charge on any atom is -0.497 e. The third kappa shape index (κ3) is 4.95. The minimum absolute atomic E-state index is 0.263. The van der Waals surface area contributed by atoms with Crippen LogP contribution in [0.15, 0.2) is 78.9 Å². The Morgan fingerprint density at radius 2 is 1.67 bits per heavy atom. The van der Waals surface area contributed by atoms with Crippen LogP contribution < -0.4 is 15.5 Å². The molecule has 168 valence electrons. The average Bonchev–Trinajstić information content (AvgIpc) is 3.14. The van der Waals surface area contributed by atoms with Crippen LogP contribution in [0.3, 0.4) is 0 Å². The maximum absolute atomic E-state index is 13.0. The van der Waals surface area contributed by atoms with E-state index in [9.17, 15) is 9.59 Å². The van der Waals surface area contributed by atoms with Gasteiger partial charge in [-0.25, -0.2) is 0 Å². The summed E-state index contributed by atoms with van der Waals surface area (Å²) in [6.07, 6.45) is 1.90. The zero-order valence-corrected chi connectivity index (χ0v) is 19.0. The predicted octanol–water partition coefficient (Wildman–Crippen LogP) is 3.83. The van der Waals surface area contributed by atoms with Gasteiger partial charge in [-0.15, -0.1) is 10.1 Å². The summed E-state index contributed by atoms with van der Waals surface area (Å²) in [6, 6.07) is 23.6. The molecular weight excluding hydrogens is 414 g/mol. The van der Waals surface area contributed by atoms with E-state index in [1.807, 2.05) is 48.7 Å². The van der Waals surface area contributed by atoms with Crippen molar-refractivity contribution in [3.63, 3.8) is 0 Å². The fourth-order valence-corrected chi connectivity index (χ4v) is 3.93. The Balaban J connectivity index is 1.64. The van der Waals surface area contributed by atoms with Crippen molar-refractivity contribution in [3.05, 3.63) is 101 Å². The van der Waals surface area contributed by atoms with Crippen molar-refractivity contribution in [3.8, 4) is 5.75 Å². The van der Waals surface area contributed by atoms with Crippen LogP contribution in [-0.2, 0) is 4.79 Å². The number of ether oxygens (including phenoxy) is 1. The molecule has 0 aromatic heterocycles. The molecule has 33 heavy (non-hydrogen) atoms. The highest BCUT2D eigenvalue weighted by atomic mass is 16.5. The molecule has 6 heteroatoms. The number of carbonyl (C=O) groups is 2. The van der Waals surface area contributed by atoms with Gasteiger partial charge in [0, 0.05) is 16.7 Å². The largest absolute Gasteiger partial charge is 0.497 e. The first kappa shape index (κ1) is 22.3. The lowest BCUT2D eigenvalue weighted by Crippen LogP contribution is -2.42. The Bertz CT molecular complexity index is 1150. The fourth-order valence-electron chi connectivity index (χ4n) is 3.93. The van der Waals surface area contributed by atoms with Crippen molar-refractivity contribution < 1.29 is 19.0 Å². The second kappa shape index (κ2) is 9.69. The molecule has 6 nitrogen and oxygen atoms in total. The molecule has 1 fully saturated rings. The Kier molecular flexibility index (Phi) is 6.54. The number of amides is 2. The molecule has 1 aliphatic heterocycles. The Labute approximate surface area is 193 Å². The molecule has 4 rings (SSSR count). The summed E-state index contributed by atoms with van der Waals surface area (Å²) in [5, 5.41) is 2.92.